The van der Waals surface area contributed by atoms with Crippen molar-refractivity contribution in [3.8, 4) is 5.69 Å². The van der Waals surface area contributed by atoms with Crippen molar-refractivity contribution in [2.24, 2.45) is 0 Å². The van der Waals surface area contributed by atoms with E-state index in [-0.39, 0.29) is 24.1 Å². The maximum Gasteiger partial charge on any atom is 0.275 e. The van der Waals surface area contributed by atoms with Gasteiger partial charge < -0.3 is 10.2 Å². The molecule has 2 unspecified atom stereocenters. The minimum absolute atomic E-state index is 0. The van der Waals surface area contributed by atoms with Crippen molar-refractivity contribution in [1.29, 1.82) is 0 Å². The molecule has 0 saturated carbocycles. The molecule has 1 aromatic heterocycles. The number of nitrogens with one attached hydrogen (secondary N) is 1. The summed E-state index contributed by atoms with van der Waals surface area (Å²) in [5, 5.41) is 7.99. The SMILES string of the molecule is Cl.O=C(c1nn(-c2ccc(F)cc2)cc1Br)N1CCC2CCC(C1)N2. The van der Waals surface area contributed by atoms with Crippen LogP contribution in [0.1, 0.15) is 29.8 Å². The van der Waals surface area contributed by atoms with E-state index in [1.54, 1.807) is 23.0 Å². The number of likely N-dealkylation sites (tertiary alicyclic amines) is 1. The molecule has 5 nitrogen and oxygen atoms in total. The van der Waals surface area contributed by atoms with Gasteiger partial charge in [0.15, 0.2) is 5.69 Å². The molecule has 2 aromatic rings. The molecular formula is C17H19BrClFN4O. The summed E-state index contributed by atoms with van der Waals surface area (Å²) >= 11 is 3.44. The Morgan fingerprint density at radius 1 is 1.20 bits per heavy atom. The standard InChI is InChI=1S/C17H18BrFN4O.ClH/c18-15-10-23(14-5-1-11(19)2-6-14)21-16(15)17(24)22-8-7-12-3-4-13(9-22)20-12;/h1-2,5-6,10,12-13,20H,3-4,7-9H2;1H. The third-order valence-corrected chi connectivity index (χ3v) is 5.35. The number of amides is 1. The van der Waals surface area contributed by atoms with Crippen LogP contribution in [0.25, 0.3) is 5.69 Å². The van der Waals surface area contributed by atoms with Crippen LogP contribution in [0, 0.1) is 5.82 Å². The lowest BCUT2D eigenvalue weighted by Crippen LogP contribution is -2.39. The molecule has 2 atom stereocenters. The molecule has 0 aliphatic carbocycles. The molecule has 1 amide bonds. The molecule has 1 N–H and O–H groups in total. The Labute approximate surface area is 160 Å². The summed E-state index contributed by atoms with van der Waals surface area (Å²) in [4.78, 5) is 14.8. The van der Waals surface area contributed by atoms with Crippen molar-refractivity contribution in [2.45, 2.75) is 31.3 Å². The highest BCUT2D eigenvalue weighted by molar-refractivity contribution is 9.10. The number of nitrogens with zero attached hydrogens (tertiary/aromatic N) is 3. The zero-order chi connectivity index (χ0) is 16.7. The molecule has 25 heavy (non-hydrogen) atoms. The van der Waals surface area contributed by atoms with Gasteiger partial charge in [0.2, 0.25) is 0 Å². The first kappa shape index (κ1) is 18.4. The van der Waals surface area contributed by atoms with Crippen LogP contribution < -0.4 is 5.32 Å². The number of halogens is 3. The highest BCUT2D eigenvalue weighted by Crippen LogP contribution is 2.24. The van der Waals surface area contributed by atoms with Gasteiger partial charge in [-0.3, -0.25) is 4.79 Å². The van der Waals surface area contributed by atoms with E-state index in [0.717, 1.165) is 25.9 Å². The van der Waals surface area contributed by atoms with Crippen molar-refractivity contribution in [2.75, 3.05) is 13.1 Å². The molecule has 0 radical (unpaired) electrons. The third kappa shape index (κ3) is 3.73. The highest BCUT2D eigenvalue weighted by atomic mass is 79.9. The van der Waals surface area contributed by atoms with Gasteiger partial charge in [0, 0.05) is 31.4 Å². The van der Waals surface area contributed by atoms with Gasteiger partial charge in [0.25, 0.3) is 5.91 Å². The maximum atomic E-state index is 13.1. The quantitative estimate of drug-likeness (QED) is 0.798. The van der Waals surface area contributed by atoms with Gasteiger partial charge in [-0.25, -0.2) is 9.07 Å². The molecule has 4 rings (SSSR count). The van der Waals surface area contributed by atoms with E-state index in [9.17, 15) is 9.18 Å². The molecule has 2 bridgehead atoms. The number of rotatable bonds is 2. The number of hydrogen-bond donors (Lipinski definition) is 1. The van der Waals surface area contributed by atoms with Crippen molar-refractivity contribution in [1.82, 2.24) is 20.0 Å². The first-order valence-electron chi connectivity index (χ1n) is 8.16. The molecule has 2 saturated heterocycles. The van der Waals surface area contributed by atoms with E-state index in [1.165, 1.54) is 18.6 Å². The van der Waals surface area contributed by atoms with E-state index in [1.807, 2.05) is 4.90 Å². The normalized spacial score (nSPS) is 22.4. The van der Waals surface area contributed by atoms with Crippen LogP contribution in [0.3, 0.4) is 0 Å². The van der Waals surface area contributed by atoms with Crippen LogP contribution in [0.5, 0.6) is 0 Å². The summed E-state index contributed by atoms with van der Waals surface area (Å²) in [6.45, 7) is 1.48. The summed E-state index contributed by atoms with van der Waals surface area (Å²) < 4.78 is 15.3. The first-order valence-corrected chi connectivity index (χ1v) is 8.96. The lowest BCUT2D eigenvalue weighted by molar-refractivity contribution is 0.0741. The molecule has 0 spiro atoms. The lowest BCUT2D eigenvalue weighted by Gasteiger charge is -2.23. The molecule has 2 aliphatic rings. The van der Waals surface area contributed by atoms with Gasteiger partial charge in [-0.05, 0) is 59.5 Å². The zero-order valence-corrected chi connectivity index (χ0v) is 15.9. The molecule has 2 fully saturated rings. The topological polar surface area (TPSA) is 50.2 Å². The van der Waals surface area contributed by atoms with Crippen molar-refractivity contribution in [3.63, 3.8) is 0 Å². The van der Waals surface area contributed by atoms with Gasteiger partial charge in [0.05, 0.1) is 10.2 Å². The number of carbonyl (C=O) groups excluding carboxylic acids is 1. The largest absolute Gasteiger partial charge is 0.336 e. The van der Waals surface area contributed by atoms with E-state index in [4.69, 9.17) is 0 Å². The molecule has 1 aromatic carbocycles. The smallest absolute Gasteiger partial charge is 0.275 e. The molecule has 8 heteroatoms. The Balaban J connectivity index is 0.00000182. The molecule has 2 aliphatic heterocycles. The summed E-state index contributed by atoms with van der Waals surface area (Å²) in [6.07, 6.45) is 5.05. The van der Waals surface area contributed by atoms with Crippen LogP contribution >= 0.6 is 28.3 Å². The van der Waals surface area contributed by atoms with Crippen LogP contribution in [-0.4, -0.2) is 45.8 Å². The summed E-state index contributed by atoms with van der Waals surface area (Å²) in [7, 11) is 0. The fourth-order valence-electron chi connectivity index (χ4n) is 3.50. The fraction of sp³-hybridized carbons (Fsp3) is 0.412. The first-order chi connectivity index (χ1) is 11.6. The fourth-order valence-corrected chi connectivity index (χ4v) is 3.94. The number of hydrogen-bond acceptors (Lipinski definition) is 3. The third-order valence-electron chi connectivity index (χ3n) is 4.77. The second-order valence-electron chi connectivity index (χ2n) is 6.42. The Bertz CT molecular complexity index is 767. The summed E-state index contributed by atoms with van der Waals surface area (Å²) in [5.41, 5.74) is 1.12. The Kier molecular flexibility index (Phi) is 5.46. The maximum absolute atomic E-state index is 13.1. The predicted molar refractivity (Wildman–Crippen MR) is 98.9 cm³/mol. The van der Waals surface area contributed by atoms with Crippen LogP contribution in [0.4, 0.5) is 4.39 Å². The van der Waals surface area contributed by atoms with Crippen molar-refractivity contribution in [3.05, 3.63) is 46.4 Å². The van der Waals surface area contributed by atoms with E-state index in [2.05, 4.69) is 26.3 Å². The Morgan fingerprint density at radius 3 is 2.68 bits per heavy atom. The zero-order valence-electron chi connectivity index (χ0n) is 13.5. The molecule has 134 valence electrons. The van der Waals surface area contributed by atoms with Gasteiger partial charge >= 0.3 is 0 Å². The van der Waals surface area contributed by atoms with Gasteiger partial charge in [-0.1, -0.05) is 0 Å². The van der Waals surface area contributed by atoms with E-state index in [0.29, 0.717) is 27.9 Å². The average Bonchev–Trinajstić information content (AvgIpc) is 3.10. The monoisotopic (exact) mass is 428 g/mol. The Morgan fingerprint density at radius 2 is 1.92 bits per heavy atom. The summed E-state index contributed by atoms with van der Waals surface area (Å²) in [5.74, 6) is -0.356. The predicted octanol–water partition coefficient (Wildman–Crippen LogP) is 3.16. The summed E-state index contributed by atoms with van der Waals surface area (Å²) in [6, 6.07) is 6.95. The molecule has 3 heterocycles. The number of fused-ring (bicyclic) bond motifs is 2. The minimum atomic E-state index is -0.298. The minimum Gasteiger partial charge on any atom is -0.336 e. The lowest BCUT2D eigenvalue weighted by atomic mass is 10.1. The van der Waals surface area contributed by atoms with Gasteiger partial charge in [-0.2, -0.15) is 5.10 Å². The van der Waals surface area contributed by atoms with Gasteiger partial charge in [0.1, 0.15) is 5.82 Å². The van der Waals surface area contributed by atoms with E-state index >= 15 is 0 Å². The van der Waals surface area contributed by atoms with Crippen molar-refractivity contribution < 1.29 is 9.18 Å². The number of benzene rings is 1. The van der Waals surface area contributed by atoms with E-state index < -0.39 is 0 Å². The number of aromatic nitrogens is 2. The van der Waals surface area contributed by atoms with Crippen LogP contribution in [0.15, 0.2) is 34.9 Å². The number of carbonyl (C=O) groups is 1. The average molecular weight is 430 g/mol. The van der Waals surface area contributed by atoms with Gasteiger partial charge in [-0.15, -0.1) is 12.4 Å². The van der Waals surface area contributed by atoms with Crippen molar-refractivity contribution >= 4 is 34.2 Å². The van der Waals surface area contributed by atoms with Crippen LogP contribution in [0.2, 0.25) is 0 Å². The second-order valence-corrected chi connectivity index (χ2v) is 7.28. The highest BCUT2D eigenvalue weighted by Gasteiger charge is 2.32. The second kappa shape index (κ2) is 7.43. The van der Waals surface area contributed by atoms with Crippen LogP contribution in [-0.2, 0) is 0 Å². The Hall–Kier alpha value is -1.44. The molecular weight excluding hydrogens is 411 g/mol.